The van der Waals surface area contributed by atoms with Crippen LogP contribution in [0.4, 0.5) is 0 Å². The number of aliphatic hydroxyl groups excluding tert-OH is 1. The largest absolute Gasteiger partial charge is 0.748 e. The summed E-state index contributed by atoms with van der Waals surface area (Å²) < 4.78 is 39.0. The van der Waals surface area contributed by atoms with Gasteiger partial charge in [-0.15, -0.1) is 0 Å². The van der Waals surface area contributed by atoms with Gasteiger partial charge in [-0.3, -0.25) is 0 Å². The fraction of sp³-hybridized carbons (Fsp3) is 0.312. The van der Waals surface area contributed by atoms with Gasteiger partial charge in [0.25, 0.3) is 0 Å². The Morgan fingerprint density at radius 1 is 1.13 bits per heavy atom. The smallest absolute Gasteiger partial charge is 0.177 e. The first-order valence-electron chi connectivity index (χ1n) is 7.20. The standard InChI is InChI=1S/C16H19NO5S/c18-15(13-22-16-4-2-1-3-5-16)12-17-9-6-14(7-10-17)8-11-23(19,20)21/h1-7,9-10,15,18H,8,11-13H2. The highest BCUT2D eigenvalue weighted by Gasteiger charge is 2.12. The van der Waals surface area contributed by atoms with Crippen molar-refractivity contribution in [3.63, 3.8) is 0 Å². The lowest BCUT2D eigenvalue weighted by Gasteiger charge is -2.10. The molecular weight excluding hydrogens is 318 g/mol. The molecule has 0 aliphatic heterocycles. The molecule has 23 heavy (non-hydrogen) atoms. The van der Waals surface area contributed by atoms with Crippen LogP contribution in [0.25, 0.3) is 0 Å². The van der Waals surface area contributed by atoms with Crippen molar-refractivity contribution < 1.29 is 27.4 Å². The van der Waals surface area contributed by atoms with Crippen molar-refractivity contribution in [1.29, 1.82) is 0 Å². The Balaban J connectivity index is 1.80. The van der Waals surface area contributed by atoms with Crippen molar-refractivity contribution in [2.24, 2.45) is 0 Å². The van der Waals surface area contributed by atoms with E-state index in [0.29, 0.717) is 12.3 Å². The second-order valence-electron chi connectivity index (χ2n) is 5.19. The molecule has 0 spiro atoms. The number of aromatic nitrogens is 1. The van der Waals surface area contributed by atoms with Crippen molar-refractivity contribution in [3.8, 4) is 5.75 Å². The molecule has 6 nitrogen and oxygen atoms in total. The summed E-state index contributed by atoms with van der Waals surface area (Å²) in [7, 11) is -4.20. The van der Waals surface area contributed by atoms with Gasteiger partial charge >= 0.3 is 0 Å². The number of benzene rings is 1. The molecule has 1 heterocycles. The molecule has 0 amide bonds. The SMILES string of the molecule is O=S(=O)([O-])CCc1cc[n+](CC(O)COc2ccccc2)cc1. The Morgan fingerprint density at radius 3 is 2.39 bits per heavy atom. The van der Waals surface area contributed by atoms with Crippen LogP contribution < -0.4 is 9.30 Å². The van der Waals surface area contributed by atoms with Crippen LogP contribution in [0.2, 0.25) is 0 Å². The predicted octanol–water partition coefficient (Wildman–Crippen LogP) is 0.502. The first kappa shape index (κ1) is 17.4. The normalized spacial score (nSPS) is 12.8. The molecule has 7 heteroatoms. The van der Waals surface area contributed by atoms with E-state index in [2.05, 4.69) is 0 Å². The maximum Gasteiger partial charge on any atom is 0.177 e. The fourth-order valence-corrected chi connectivity index (χ4v) is 2.51. The first-order valence-corrected chi connectivity index (χ1v) is 8.77. The molecule has 0 aliphatic rings. The van der Waals surface area contributed by atoms with Crippen LogP contribution in [0.15, 0.2) is 54.9 Å². The minimum atomic E-state index is -4.20. The van der Waals surface area contributed by atoms with E-state index in [1.54, 1.807) is 29.1 Å². The van der Waals surface area contributed by atoms with Gasteiger partial charge in [-0.25, -0.2) is 13.0 Å². The fourth-order valence-electron chi connectivity index (χ4n) is 2.02. The van der Waals surface area contributed by atoms with E-state index in [9.17, 15) is 18.1 Å². The molecule has 0 saturated heterocycles. The van der Waals surface area contributed by atoms with E-state index in [4.69, 9.17) is 4.74 Å². The summed E-state index contributed by atoms with van der Waals surface area (Å²) in [5.74, 6) is 0.288. The summed E-state index contributed by atoms with van der Waals surface area (Å²) in [6.07, 6.45) is 2.98. The number of rotatable bonds is 8. The number of ether oxygens (including phenoxy) is 1. The van der Waals surface area contributed by atoms with Crippen LogP contribution in [0.5, 0.6) is 5.75 Å². The van der Waals surface area contributed by atoms with E-state index in [1.807, 2.05) is 30.3 Å². The van der Waals surface area contributed by atoms with E-state index in [0.717, 1.165) is 5.56 Å². The van der Waals surface area contributed by atoms with E-state index >= 15 is 0 Å². The van der Waals surface area contributed by atoms with Gasteiger partial charge in [-0.05, 0) is 24.1 Å². The average molecular weight is 337 g/mol. The van der Waals surface area contributed by atoms with Crippen LogP contribution in [0, 0.1) is 0 Å². The lowest BCUT2D eigenvalue weighted by Crippen LogP contribution is -2.41. The monoisotopic (exact) mass is 337 g/mol. The Morgan fingerprint density at radius 2 is 1.78 bits per heavy atom. The molecular formula is C16H19NO5S. The Kier molecular flexibility index (Phi) is 6.09. The second kappa shape index (κ2) is 8.05. The molecule has 1 N–H and O–H groups in total. The number of para-hydroxylation sites is 1. The molecule has 0 saturated carbocycles. The van der Waals surface area contributed by atoms with Gasteiger partial charge in [-0.1, -0.05) is 18.2 Å². The molecule has 0 bridgehead atoms. The Bertz CT molecular complexity index is 701. The topological polar surface area (TPSA) is 90.5 Å². The maximum atomic E-state index is 10.6. The average Bonchev–Trinajstić information content (AvgIpc) is 2.53. The van der Waals surface area contributed by atoms with Crippen LogP contribution in [0.1, 0.15) is 5.56 Å². The third-order valence-corrected chi connectivity index (χ3v) is 3.91. The number of hydrogen-bond donors (Lipinski definition) is 1. The molecule has 124 valence electrons. The van der Waals surface area contributed by atoms with Gasteiger partial charge in [0.2, 0.25) is 0 Å². The third kappa shape index (κ3) is 6.77. The lowest BCUT2D eigenvalue weighted by atomic mass is 10.2. The van der Waals surface area contributed by atoms with E-state index < -0.39 is 22.0 Å². The number of pyridine rings is 1. The maximum absolute atomic E-state index is 10.6. The Hall–Kier alpha value is -1.96. The zero-order valence-electron chi connectivity index (χ0n) is 12.5. The van der Waals surface area contributed by atoms with Crippen LogP contribution in [-0.4, -0.2) is 36.5 Å². The minimum Gasteiger partial charge on any atom is -0.748 e. The summed E-state index contributed by atoms with van der Waals surface area (Å²) in [5, 5.41) is 9.98. The quantitative estimate of drug-likeness (QED) is 0.560. The Labute approximate surface area is 135 Å². The van der Waals surface area contributed by atoms with Crippen LogP contribution in [0.3, 0.4) is 0 Å². The summed E-state index contributed by atoms with van der Waals surface area (Å²) >= 11 is 0. The van der Waals surface area contributed by atoms with Crippen molar-refractivity contribution in [1.82, 2.24) is 0 Å². The van der Waals surface area contributed by atoms with Gasteiger partial charge < -0.3 is 14.4 Å². The van der Waals surface area contributed by atoms with Crippen molar-refractivity contribution in [2.45, 2.75) is 19.1 Å². The number of nitrogens with zero attached hydrogens (tertiary/aromatic N) is 1. The zero-order valence-corrected chi connectivity index (χ0v) is 13.4. The highest BCUT2D eigenvalue weighted by molar-refractivity contribution is 7.85. The number of hydrogen-bond acceptors (Lipinski definition) is 5. The van der Waals surface area contributed by atoms with Crippen molar-refractivity contribution in [2.75, 3.05) is 12.4 Å². The van der Waals surface area contributed by atoms with Crippen LogP contribution >= 0.6 is 0 Å². The van der Waals surface area contributed by atoms with Crippen LogP contribution in [-0.2, 0) is 23.1 Å². The summed E-state index contributed by atoms with van der Waals surface area (Å²) in [4.78, 5) is 0. The molecule has 0 fully saturated rings. The van der Waals surface area contributed by atoms with Gasteiger partial charge in [0, 0.05) is 17.9 Å². The molecule has 1 unspecified atom stereocenters. The molecule has 1 aromatic carbocycles. The predicted molar refractivity (Wildman–Crippen MR) is 82.8 cm³/mol. The molecule has 2 rings (SSSR count). The van der Waals surface area contributed by atoms with Gasteiger partial charge in [0.15, 0.2) is 18.9 Å². The van der Waals surface area contributed by atoms with Gasteiger partial charge in [0.1, 0.15) is 18.5 Å². The van der Waals surface area contributed by atoms with Crippen molar-refractivity contribution >= 4 is 10.1 Å². The van der Waals surface area contributed by atoms with Gasteiger partial charge in [0.05, 0.1) is 10.1 Å². The first-order chi connectivity index (χ1) is 10.9. The molecule has 0 aliphatic carbocycles. The summed E-state index contributed by atoms with van der Waals surface area (Å²) in [6.45, 7) is 0.528. The molecule has 2 aromatic rings. The highest BCUT2D eigenvalue weighted by atomic mass is 32.2. The number of aryl methyl sites for hydroxylation is 1. The van der Waals surface area contributed by atoms with E-state index in [-0.39, 0.29) is 13.0 Å². The third-order valence-electron chi connectivity index (χ3n) is 3.21. The molecule has 0 radical (unpaired) electrons. The molecule has 1 aromatic heterocycles. The minimum absolute atomic E-state index is 0.174. The summed E-state index contributed by atoms with van der Waals surface area (Å²) in [6, 6.07) is 12.7. The highest BCUT2D eigenvalue weighted by Crippen LogP contribution is 2.08. The van der Waals surface area contributed by atoms with Gasteiger partial charge in [-0.2, -0.15) is 0 Å². The lowest BCUT2D eigenvalue weighted by molar-refractivity contribution is -0.703. The summed E-state index contributed by atoms with van der Waals surface area (Å²) in [5.41, 5.74) is 0.760. The number of aliphatic hydroxyl groups is 1. The molecule has 1 atom stereocenters. The second-order valence-corrected chi connectivity index (χ2v) is 6.72. The van der Waals surface area contributed by atoms with Crippen molar-refractivity contribution in [3.05, 3.63) is 60.4 Å². The zero-order chi connectivity index (χ0) is 16.7. The van der Waals surface area contributed by atoms with E-state index in [1.165, 1.54) is 0 Å².